The number of benzene rings is 1. The molecule has 6 nitrogen and oxygen atoms in total. The Bertz CT molecular complexity index is 600. The van der Waals surface area contributed by atoms with Crippen LogP contribution in [0.15, 0.2) is 35.5 Å². The van der Waals surface area contributed by atoms with Crippen molar-refractivity contribution in [3.8, 4) is 5.69 Å². The highest BCUT2D eigenvalue weighted by Crippen LogP contribution is 2.23. The van der Waals surface area contributed by atoms with Gasteiger partial charge >= 0.3 is 5.97 Å². The first kappa shape index (κ1) is 15.5. The number of carbonyl (C=O) groups is 1. The van der Waals surface area contributed by atoms with Crippen LogP contribution < -0.4 is 5.73 Å². The molecule has 3 N–H and O–H groups in total. The fourth-order valence-electron chi connectivity index (χ4n) is 1.85. The molecule has 1 heterocycles. The number of rotatable bonds is 7. The molecule has 0 aliphatic heterocycles. The Morgan fingerprint density at radius 1 is 1.38 bits per heavy atom. The maximum Gasteiger partial charge on any atom is 0.321 e. The monoisotopic (exact) mass is 306 g/mol. The molecule has 112 valence electrons. The normalized spacial score (nSPS) is 12.3. The van der Waals surface area contributed by atoms with Gasteiger partial charge in [-0.25, -0.2) is 0 Å². The van der Waals surface area contributed by atoms with Crippen molar-refractivity contribution in [1.29, 1.82) is 0 Å². The number of thioether (sulfide) groups is 1. The second-order valence-electron chi connectivity index (χ2n) is 4.58. The van der Waals surface area contributed by atoms with Crippen LogP contribution >= 0.6 is 11.8 Å². The van der Waals surface area contributed by atoms with Crippen molar-refractivity contribution in [2.24, 2.45) is 5.73 Å². The molecule has 0 aliphatic rings. The van der Waals surface area contributed by atoms with Gasteiger partial charge in [0.15, 0.2) is 5.16 Å². The number of hydrogen-bond acceptors (Lipinski definition) is 5. The van der Waals surface area contributed by atoms with Gasteiger partial charge in [0, 0.05) is 17.9 Å². The predicted molar refractivity (Wildman–Crippen MR) is 81.7 cm³/mol. The summed E-state index contributed by atoms with van der Waals surface area (Å²) in [6.07, 6.45) is 1.78. The van der Waals surface area contributed by atoms with Gasteiger partial charge in [0.25, 0.3) is 0 Å². The lowest BCUT2D eigenvalue weighted by molar-refractivity contribution is -0.137. The van der Waals surface area contributed by atoms with Crippen LogP contribution in [-0.2, 0) is 11.2 Å². The van der Waals surface area contributed by atoms with E-state index in [-0.39, 0.29) is 5.75 Å². The fraction of sp³-hybridized carbons (Fsp3) is 0.357. The summed E-state index contributed by atoms with van der Waals surface area (Å²) < 4.78 is 1.96. The SMILES string of the molecule is CCCc1nnc(SC[C@H](N)C(=O)O)n1-c1ccccc1. The van der Waals surface area contributed by atoms with E-state index >= 15 is 0 Å². The number of aromatic nitrogens is 3. The van der Waals surface area contributed by atoms with Gasteiger partial charge in [0.2, 0.25) is 0 Å². The average Bonchev–Trinajstić information content (AvgIpc) is 2.88. The molecule has 1 aromatic heterocycles. The Kier molecular flexibility index (Phi) is 5.35. The van der Waals surface area contributed by atoms with Gasteiger partial charge in [0.05, 0.1) is 0 Å². The van der Waals surface area contributed by atoms with Gasteiger partial charge in [-0.3, -0.25) is 9.36 Å². The Morgan fingerprint density at radius 3 is 2.71 bits per heavy atom. The second-order valence-corrected chi connectivity index (χ2v) is 5.56. The molecular weight excluding hydrogens is 288 g/mol. The van der Waals surface area contributed by atoms with Crippen molar-refractivity contribution in [3.63, 3.8) is 0 Å². The smallest absolute Gasteiger partial charge is 0.321 e. The quantitative estimate of drug-likeness (QED) is 0.757. The van der Waals surface area contributed by atoms with Crippen LogP contribution in [-0.4, -0.2) is 37.6 Å². The molecule has 0 fully saturated rings. The number of nitrogens with zero attached hydrogens (tertiary/aromatic N) is 3. The second kappa shape index (κ2) is 7.24. The molecule has 0 amide bonds. The van der Waals surface area contributed by atoms with Crippen LogP contribution in [0, 0.1) is 0 Å². The summed E-state index contributed by atoms with van der Waals surface area (Å²) in [6.45, 7) is 2.08. The molecule has 0 bridgehead atoms. The summed E-state index contributed by atoms with van der Waals surface area (Å²) in [4.78, 5) is 10.8. The summed E-state index contributed by atoms with van der Waals surface area (Å²) in [5, 5.41) is 17.9. The maximum absolute atomic E-state index is 10.8. The standard InChI is InChI=1S/C14H18N4O2S/c1-2-6-12-16-17-14(21-9-11(15)13(19)20)18(12)10-7-4-3-5-8-10/h3-5,7-8,11H,2,6,9,15H2,1H3,(H,19,20)/t11-/m0/s1. The summed E-state index contributed by atoms with van der Waals surface area (Å²) in [5.41, 5.74) is 6.51. The minimum absolute atomic E-state index is 0.256. The molecular formula is C14H18N4O2S. The summed E-state index contributed by atoms with van der Waals surface area (Å²) in [5.74, 6) is 0.115. The number of carboxylic acid groups (broad SMARTS) is 1. The Hall–Kier alpha value is -1.86. The van der Waals surface area contributed by atoms with Gasteiger partial charge in [-0.2, -0.15) is 0 Å². The highest BCUT2D eigenvalue weighted by molar-refractivity contribution is 7.99. The Labute approximate surface area is 127 Å². The molecule has 21 heavy (non-hydrogen) atoms. The zero-order chi connectivity index (χ0) is 15.2. The lowest BCUT2D eigenvalue weighted by Crippen LogP contribution is -2.32. The first-order valence-corrected chi connectivity index (χ1v) is 7.73. The first-order chi connectivity index (χ1) is 10.1. The Morgan fingerprint density at radius 2 is 2.10 bits per heavy atom. The van der Waals surface area contributed by atoms with Crippen molar-refractivity contribution >= 4 is 17.7 Å². The van der Waals surface area contributed by atoms with Crippen LogP contribution in [0.1, 0.15) is 19.2 Å². The van der Waals surface area contributed by atoms with Gasteiger partial charge in [-0.1, -0.05) is 36.9 Å². The molecule has 0 aliphatic carbocycles. The van der Waals surface area contributed by atoms with E-state index in [1.54, 1.807) is 0 Å². The van der Waals surface area contributed by atoms with Gasteiger partial charge < -0.3 is 10.8 Å². The number of nitrogens with two attached hydrogens (primary N) is 1. The van der Waals surface area contributed by atoms with E-state index < -0.39 is 12.0 Å². The highest BCUT2D eigenvalue weighted by atomic mass is 32.2. The van der Waals surface area contributed by atoms with Crippen molar-refractivity contribution in [2.45, 2.75) is 31.0 Å². The average molecular weight is 306 g/mol. The zero-order valence-corrected chi connectivity index (χ0v) is 12.6. The number of aryl methyl sites for hydroxylation is 1. The zero-order valence-electron chi connectivity index (χ0n) is 11.8. The number of carboxylic acids is 1. The summed E-state index contributed by atoms with van der Waals surface area (Å²) >= 11 is 1.31. The van der Waals surface area contributed by atoms with Crippen LogP contribution in [0.4, 0.5) is 0 Å². The highest BCUT2D eigenvalue weighted by Gasteiger charge is 2.17. The molecule has 0 saturated heterocycles. The van der Waals surface area contributed by atoms with Crippen LogP contribution in [0.5, 0.6) is 0 Å². The lowest BCUT2D eigenvalue weighted by Gasteiger charge is -2.10. The van der Waals surface area contributed by atoms with Crippen LogP contribution in [0.25, 0.3) is 5.69 Å². The minimum atomic E-state index is -1.01. The molecule has 7 heteroatoms. The van der Waals surface area contributed by atoms with Gasteiger partial charge in [0.1, 0.15) is 11.9 Å². The first-order valence-electron chi connectivity index (χ1n) is 6.74. The van der Waals surface area contributed by atoms with E-state index in [0.717, 1.165) is 24.4 Å². The Balaban J connectivity index is 2.27. The molecule has 2 rings (SSSR count). The third-order valence-corrected chi connectivity index (χ3v) is 3.95. The van der Waals surface area contributed by atoms with E-state index in [2.05, 4.69) is 17.1 Å². The predicted octanol–water partition coefficient (Wildman–Crippen LogP) is 1.72. The van der Waals surface area contributed by atoms with E-state index in [9.17, 15) is 4.79 Å². The van der Waals surface area contributed by atoms with Crippen LogP contribution in [0.2, 0.25) is 0 Å². The minimum Gasteiger partial charge on any atom is -0.480 e. The van der Waals surface area contributed by atoms with Crippen molar-refractivity contribution in [3.05, 3.63) is 36.2 Å². The summed E-state index contributed by atoms with van der Waals surface area (Å²) in [7, 11) is 0. The van der Waals surface area contributed by atoms with E-state index in [0.29, 0.717) is 5.16 Å². The van der Waals surface area contributed by atoms with E-state index in [4.69, 9.17) is 10.8 Å². The molecule has 0 saturated carbocycles. The molecule has 1 aromatic carbocycles. The molecule has 0 radical (unpaired) electrons. The van der Waals surface area contributed by atoms with Crippen molar-refractivity contribution in [1.82, 2.24) is 14.8 Å². The number of aliphatic carboxylic acids is 1. The lowest BCUT2D eigenvalue weighted by atomic mass is 10.3. The van der Waals surface area contributed by atoms with E-state index in [1.807, 2.05) is 34.9 Å². The maximum atomic E-state index is 10.8. The third kappa shape index (κ3) is 3.83. The molecule has 0 spiro atoms. The topological polar surface area (TPSA) is 94.0 Å². The van der Waals surface area contributed by atoms with Gasteiger partial charge in [-0.05, 0) is 18.6 Å². The van der Waals surface area contributed by atoms with Crippen molar-refractivity contribution in [2.75, 3.05) is 5.75 Å². The van der Waals surface area contributed by atoms with Crippen LogP contribution in [0.3, 0.4) is 0 Å². The van der Waals surface area contributed by atoms with E-state index in [1.165, 1.54) is 11.8 Å². The molecule has 1 atom stereocenters. The third-order valence-electron chi connectivity index (χ3n) is 2.90. The number of para-hydroxylation sites is 1. The largest absolute Gasteiger partial charge is 0.480 e. The molecule has 0 unspecified atom stereocenters. The fourth-order valence-corrected chi connectivity index (χ4v) is 2.76. The van der Waals surface area contributed by atoms with Gasteiger partial charge in [-0.15, -0.1) is 10.2 Å². The summed E-state index contributed by atoms with van der Waals surface area (Å²) in [6, 6.07) is 8.88. The number of hydrogen-bond donors (Lipinski definition) is 2. The van der Waals surface area contributed by atoms with Crippen molar-refractivity contribution < 1.29 is 9.90 Å². The molecule has 2 aromatic rings.